The molecule has 6 rings (SSSR count). The molecule has 16 heteroatoms. The molecule has 0 spiro atoms. The highest BCUT2D eigenvalue weighted by Crippen LogP contribution is 2.49. The van der Waals surface area contributed by atoms with Gasteiger partial charge in [-0.05, 0) is 61.8 Å². The predicted molar refractivity (Wildman–Crippen MR) is 185 cm³/mol. The number of esters is 1. The van der Waals surface area contributed by atoms with Crippen molar-refractivity contribution in [2.45, 2.75) is 38.8 Å². The van der Waals surface area contributed by atoms with Crippen molar-refractivity contribution in [3.05, 3.63) is 83.0 Å². The van der Waals surface area contributed by atoms with Crippen LogP contribution in [0.3, 0.4) is 0 Å². The lowest BCUT2D eigenvalue weighted by atomic mass is 9.83. The van der Waals surface area contributed by atoms with E-state index in [9.17, 15) is 19.3 Å². The number of aliphatic hydroxyl groups is 1. The van der Waals surface area contributed by atoms with E-state index in [-0.39, 0.29) is 53.4 Å². The van der Waals surface area contributed by atoms with Gasteiger partial charge in [-0.2, -0.15) is 9.97 Å². The van der Waals surface area contributed by atoms with Crippen molar-refractivity contribution in [1.82, 2.24) is 24.1 Å². The van der Waals surface area contributed by atoms with Crippen molar-refractivity contribution < 1.29 is 37.8 Å². The van der Waals surface area contributed by atoms with Crippen LogP contribution in [0, 0.1) is 17.8 Å². The fourth-order valence-electron chi connectivity index (χ4n) is 6.01. The number of nitrogens with two attached hydrogens (primary N) is 1. The molecular formula is C34H34ClN6O8P. The van der Waals surface area contributed by atoms with E-state index in [0.29, 0.717) is 17.7 Å². The highest BCUT2D eigenvalue weighted by Gasteiger charge is 2.55. The molecule has 0 amide bonds. The second-order valence-corrected chi connectivity index (χ2v) is 14.5. The van der Waals surface area contributed by atoms with Gasteiger partial charge in [0.05, 0.1) is 43.2 Å². The minimum absolute atomic E-state index is 0.0376. The number of hydrogen-bond donors (Lipinski definition) is 2. The molecule has 14 nitrogen and oxygen atoms in total. The summed E-state index contributed by atoms with van der Waals surface area (Å²) >= 11 is 6.09. The minimum atomic E-state index is -3.44. The second kappa shape index (κ2) is 14.0. The lowest BCUT2D eigenvalue weighted by Crippen LogP contribution is -2.42. The van der Waals surface area contributed by atoms with Gasteiger partial charge in [0.15, 0.2) is 17.2 Å². The summed E-state index contributed by atoms with van der Waals surface area (Å²) in [6.45, 7) is 4.60. The molecule has 50 heavy (non-hydrogen) atoms. The average Bonchev–Trinajstić information content (AvgIpc) is 3.77. The van der Waals surface area contributed by atoms with Gasteiger partial charge in [-0.15, -0.1) is 6.42 Å². The van der Waals surface area contributed by atoms with Gasteiger partial charge in [-0.1, -0.05) is 18.1 Å². The lowest BCUT2D eigenvalue weighted by molar-refractivity contribution is -0.0620. The Hall–Kier alpha value is -4.61. The number of nitrogen functional groups attached to an aromatic ring is 1. The van der Waals surface area contributed by atoms with Crippen LogP contribution in [-0.2, 0) is 29.6 Å². The molecule has 2 unspecified atom stereocenters. The number of ketones is 1. The molecule has 2 aromatic carbocycles. The molecule has 1 fully saturated rings. The molecule has 0 aliphatic carbocycles. The highest BCUT2D eigenvalue weighted by atomic mass is 35.5. The first-order valence-corrected chi connectivity index (χ1v) is 17.9. The third-order valence-electron chi connectivity index (χ3n) is 8.60. The van der Waals surface area contributed by atoms with E-state index >= 15 is 0 Å². The zero-order valence-electron chi connectivity index (χ0n) is 27.4. The van der Waals surface area contributed by atoms with E-state index in [1.807, 2.05) is 22.9 Å². The number of imidazole rings is 1. The number of carbonyl (C=O) groups excluding carboxylic acids is 2. The number of ether oxygens (including phenoxy) is 2. The lowest BCUT2D eigenvalue weighted by Gasteiger charge is -2.32. The van der Waals surface area contributed by atoms with Crippen molar-refractivity contribution in [3.63, 3.8) is 0 Å². The van der Waals surface area contributed by atoms with E-state index < -0.39 is 37.4 Å². The van der Waals surface area contributed by atoms with Gasteiger partial charge in [0.2, 0.25) is 5.28 Å². The van der Waals surface area contributed by atoms with E-state index in [1.54, 1.807) is 38.1 Å². The number of anilines is 1. The fraction of sp³-hybridized carbons (Fsp3) is 0.324. The number of rotatable bonds is 12. The molecular weight excluding hydrogens is 687 g/mol. The molecule has 3 N–H and O–H groups in total. The Bertz CT molecular complexity index is 2180. The molecule has 3 aromatic heterocycles. The smallest absolute Gasteiger partial charge is 0.338 e. The van der Waals surface area contributed by atoms with E-state index in [1.165, 1.54) is 29.7 Å². The van der Waals surface area contributed by atoms with Gasteiger partial charge in [0, 0.05) is 34.9 Å². The van der Waals surface area contributed by atoms with Gasteiger partial charge in [0.1, 0.15) is 24.5 Å². The number of fused-ring (bicyclic) bond motifs is 2. The molecule has 0 bridgehead atoms. The normalized spacial score (nSPS) is 21.6. The minimum Gasteiger partial charge on any atom is -0.461 e. The topological polar surface area (TPSA) is 183 Å². The molecule has 1 aliphatic rings. The predicted octanol–water partition coefficient (Wildman–Crippen LogP) is 4.88. The summed E-state index contributed by atoms with van der Waals surface area (Å²) in [5.41, 5.74) is 7.13. The van der Waals surface area contributed by atoms with Crippen LogP contribution in [0.1, 0.15) is 46.4 Å². The number of carbonyl (C=O) groups is 2. The summed E-state index contributed by atoms with van der Waals surface area (Å²) in [7, 11) is -3.44. The van der Waals surface area contributed by atoms with Crippen LogP contribution in [0.15, 0.2) is 61.1 Å². The molecule has 1 saturated heterocycles. The first kappa shape index (κ1) is 35.2. The van der Waals surface area contributed by atoms with E-state index in [4.69, 9.17) is 42.3 Å². The maximum absolute atomic E-state index is 13.3. The molecule has 5 aromatic rings. The summed E-state index contributed by atoms with van der Waals surface area (Å²) in [6.07, 6.45) is 5.37. The fourth-order valence-corrected chi connectivity index (χ4v) is 7.14. The quantitative estimate of drug-likeness (QED) is 0.0587. The van der Waals surface area contributed by atoms with Gasteiger partial charge >= 0.3 is 13.6 Å². The van der Waals surface area contributed by atoms with Crippen LogP contribution in [0.25, 0.3) is 22.1 Å². The monoisotopic (exact) mass is 720 g/mol. The number of hydrogen-bond acceptors (Lipinski definition) is 12. The third kappa shape index (κ3) is 6.76. The maximum Gasteiger partial charge on any atom is 0.338 e. The Balaban J connectivity index is 1.21. The Kier molecular flexibility index (Phi) is 9.83. The van der Waals surface area contributed by atoms with Crippen LogP contribution in [0.4, 0.5) is 5.82 Å². The first-order valence-electron chi connectivity index (χ1n) is 15.5. The van der Waals surface area contributed by atoms with Crippen molar-refractivity contribution in [2.75, 3.05) is 32.2 Å². The first-order chi connectivity index (χ1) is 23.8. The maximum atomic E-state index is 13.3. The molecule has 5 atom stereocenters. The Morgan fingerprint density at radius 1 is 1.14 bits per heavy atom. The zero-order chi connectivity index (χ0) is 35.8. The number of aliphatic hydroxyl groups excluding tert-OH is 1. The standard InChI is InChI=1S/C34H34ClN6O8P/c1-5-14-40-15-13-22-16-23(11-12-24(22)40)27(42)20-7-9-21(10-8-20)31(44)46-18-34(3)28(43)25(17-48-50(4,45)47-6-2)49-32(34)41-19-37-26-29(36)38-33(35)39-30(26)41/h1,7-13,15-16,19,25,28,32,43H,6,14,17-18H2,2-4H3,(H2,36,38,39)/t25-,28?,32-,34+,50?/m1/s1. The summed E-state index contributed by atoms with van der Waals surface area (Å²) in [5.74, 6) is 1.72. The Morgan fingerprint density at radius 3 is 2.58 bits per heavy atom. The largest absolute Gasteiger partial charge is 0.461 e. The summed E-state index contributed by atoms with van der Waals surface area (Å²) in [4.78, 5) is 39.1. The van der Waals surface area contributed by atoms with Crippen molar-refractivity contribution >= 4 is 58.8 Å². The number of halogens is 1. The second-order valence-electron chi connectivity index (χ2n) is 12.1. The molecule has 0 radical (unpaired) electrons. The molecule has 4 heterocycles. The average molecular weight is 721 g/mol. The van der Waals surface area contributed by atoms with E-state index in [0.717, 1.165) is 10.9 Å². The van der Waals surface area contributed by atoms with Crippen molar-refractivity contribution in [1.29, 1.82) is 0 Å². The van der Waals surface area contributed by atoms with Crippen LogP contribution in [-0.4, -0.2) is 79.6 Å². The van der Waals surface area contributed by atoms with Gasteiger partial charge in [-0.25, -0.2) is 9.78 Å². The van der Waals surface area contributed by atoms with Gasteiger partial charge in [0.25, 0.3) is 0 Å². The van der Waals surface area contributed by atoms with Crippen LogP contribution >= 0.6 is 19.2 Å². The van der Waals surface area contributed by atoms with E-state index in [2.05, 4.69) is 20.9 Å². The third-order valence-corrected chi connectivity index (χ3v) is 10.1. The van der Waals surface area contributed by atoms with Crippen LogP contribution in [0.2, 0.25) is 5.28 Å². The van der Waals surface area contributed by atoms with Crippen LogP contribution < -0.4 is 5.73 Å². The zero-order valence-corrected chi connectivity index (χ0v) is 29.0. The summed E-state index contributed by atoms with van der Waals surface area (Å²) in [6, 6.07) is 13.4. The number of terminal acetylenes is 1. The Morgan fingerprint density at radius 2 is 1.86 bits per heavy atom. The van der Waals surface area contributed by atoms with Gasteiger partial charge in [-0.3, -0.25) is 13.9 Å². The Labute approximate surface area is 292 Å². The molecule has 1 aliphatic heterocycles. The summed E-state index contributed by atoms with van der Waals surface area (Å²) in [5, 5.41) is 12.3. The number of aromatic nitrogens is 5. The molecule has 260 valence electrons. The number of benzene rings is 2. The van der Waals surface area contributed by atoms with Crippen LogP contribution in [0.5, 0.6) is 0 Å². The van der Waals surface area contributed by atoms with Gasteiger partial charge < -0.3 is 33.9 Å². The van der Waals surface area contributed by atoms with Crippen molar-refractivity contribution in [2.24, 2.45) is 5.41 Å². The molecule has 0 saturated carbocycles. The highest BCUT2D eigenvalue weighted by molar-refractivity contribution is 7.52. The number of nitrogens with zero attached hydrogens (tertiary/aromatic N) is 5. The summed E-state index contributed by atoms with van der Waals surface area (Å²) < 4.78 is 38.8. The SMILES string of the molecule is C#CCn1ccc2cc(C(=O)c3ccc(C(=O)OC[C@@]4(C)C(O)[C@@H](COP(C)(=O)OCC)O[C@H]4n4cnc5c(N)nc(Cl)nc54)cc3)ccc21. The van der Waals surface area contributed by atoms with Crippen molar-refractivity contribution in [3.8, 4) is 12.3 Å².